The third-order valence-corrected chi connectivity index (χ3v) is 3.29. The molecule has 1 amide bonds. The van der Waals surface area contributed by atoms with Crippen molar-refractivity contribution in [3.05, 3.63) is 64.7 Å². The van der Waals surface area contributed by atoms with E-state index >= 15 is 0 Å². The first-order chi connectivity index (χ1) is 9.47. The molecule has 0 heterocycles. The van der Waals surface area contributed by atoms with Crippen molar-refractivity contribution >= 4 is 11.6 Å². The molecule has 0 bridgehead atoms. The van der Waals surface area contributed by atoms with Gasteiger partial charge in [0.1, 0.15) is 0 Å². The second kappa shape index (κ2) is 5.88. The summed E-state index contributed by atoms with van der Waals surface area (Å²) in [5.74, 6) is -0.414. The summed E-state index contributed by atoms with van der Waals surface area (Å²) in [6.45, 7) is 5.85. The third kappa shape index (κ3) is 3.25. The fraction of sp³-hybridized carbons (Fsp3) is 0.235. The first-order valence-corrected chi connectivity index (χ1v) is 6.60. The average molecular weight is 269 g/mol. The number of carbonyl (C=O) groups excluding carboxylic acids is 1. The highest BCUT2D eigenvalue weighted by molar-refractivity contribution is 5.95. The Hall–Kier alpha value is -2.13. The predicted molar refractivity (Wildman–Crippen MR) is 80.7 cm³/mol. The number of rotatable bonds is 3. The van der Waals surface area contributed by atoms with Crippen molar-refractivity contribution in [3.8, 4) is 0 Å². The van der Waals surface area contributed by atoms with Gasteiger partial charge in [0.25, 0.3) is 5.91 Å². The van der Waals surface area contributed by atoms with Crippen LogP contribution in [0.15, 0.2) is 42.5 Å². The van der Waals surface area contributed by atoms with Gasteiger partial charge in [0, 0.05) is 5.69 Å². The highest BCUT2D eigenvalue weighted by Gasteiger charge is 2.17. The van der Waals surface area contributed by atoms with E-state index in [0.717, 1.165) is 22.4 Å². The number of aliphatic hydroxyl groups is 1. The Morgan fingerprint density at radius 2 is 1.60 bits per heavy atom. The number of amides is 1. The van der Waals surface area contributed by atoms with Crippen molar-refractivity contribution in [2.45, 2.75) is 26.9 Å². The van der Waals surface area contributed by atoms with E-state index in [1.54, 1.807) is 12.1 Å². The van der Waals surface area contributed by atoms with E-state index in [-0.39, 0.29) is 0 Å². The van der Waals surface area contributed by atoms with Gasteiger partial charge in [-0.05, 0) is 43.5 Å². The second-order valence-corrected chi connectivity index (χ2v) is 5.12. The first kappa shape index (κ1) is 14.3. The number of nitrogens with one attached hydrogen (secondary N) is 1. The molecular formula is C17H19NO2. The zero-order valence-corrected chi connectivity index (χ0v) is 12.0. The summed E-state index contributed by atoms with van der Waals surface area (Å²) in [6, 6.07) is 13.1. The molecule has 1 unspecified atom stereocenters. The summed E-state index contributed by atoms with van der Waals surface area (Å²) in [7, 11) is 0. The van der Waals surface area contributed by atoms with E-state index in [9.17, 15) is 9.90 Å². The van der Waals surface area contributed by atoms with Crippen molar-refractivity contribution in [2.24, 2.45) is 0 Å². The fourth-order valence-electron chi connectivity index (χ4n) is 1.97. The van der Waals surface area contributed by atoms with E-state index in [1.165, 1.54) is 0 Å². The third-order valence-electron chi connectivity index (χ3n) is 3.29. The monoisotopic (exact) mass is 269 g/mol. The normalized spacial score (nSPS) is 12.0. The maximum absolute atomic E-state index is 12.1. The molecule has 3 heteroatoms. The second-order valence-electron chi connectivity index (χ2n) is 5.12. The number of hydrogen-bond donors (Lipinski definition) is 2. The summed E-state index contributed by atoms with van der Waals surface area (Å²) < 4.78 is 0. The Morgan fingerprint density at radius 1 is 1.00 bits per heavy atom. The van der Waals surface area contributed by atoms with Crippen LogP contribution in [0, 0.1) is 20.8 Å². The van der Waals surface area contributed by atoms with Crippen molar-refractivity contribution in [1.82, 2.24) is 0 Å². The lowest BCUT2D eigenvalue weighted by molar-refractivity contribution is -0.124. The number of carbonyl (C=O) groups is 1. The molecule has 0 spiro atoms. The zero-order chi connectivity index (χ0) is 14.7. The molecule has 2 rings (SSSR count). The summed E-state index contributed by atoms with van der Waals surface area (Å²) in [4.78, 5) is 12.1. The average Bonchev–Trinajstić information content (AvgIpc) is 2.43. The molecule has 0 radical (unpaired) electrons. The lowest BCUT2D eigenvalue weighted by Gasteiger charge is -2.14. The fourth-order valence-corrected chi connectivity index (χ4v) is 1.97. The van der Waals surface area contributed by atoms with E-state index in [2.05, 4.69) is 5.32 Å². The molecule has 0 aromatic heterocycles. The Morgan fingerprint density at radius 3 is 2.25 bits per heavy atom. The molecule has 0 saturated carbocycles. The van der Waals surface area contributed by atoms with Crippen LogP contribution in [0.5, 0.6) is 0 Å². The van der Waals surface area contributed by atoms with Gasteiger partial charge >= 0.3 is 0 Å². The van der Waals surface area contributed by atoms with Gasteiger partial charge in [-0.25, -0.2) is 0 Å². The molecule has 20 heavy (non-hydrogen) atoms. The lowest BCUT2D eigenvalue weighted by Crippen LogP contribution is -2.21. The number of aryl methyl sites for hydroxylation is 3. The maximum Gasteiger partial charge on any atom is 0.257 e. The van der Waals surface area contributed by atoms with Crippen molar-refractivity contribution in [3.63, 3.8) is 0 Å². The van der Waals surface area contributed by atoms with Gasteiger partial charge in [-0.3, -0.25) is 4.79 Å². The van der Waals surface area contributed by atoms with E-state index in [0.29, 0.717) is 5.56 Å². The van der Waals surface area contributed by atoms with Crippen LogP contribution >= 0.6 is 0 Å². The van der Waals surface area contributed by atoms with E-state index < -0.39 is 12.0 Å². The molecule has 2 N–H and O–H groups in total. The topological polar surface area (TPSA) is 49.3 Å². The van der Waals surface area contributed by atoms with Crippen LogP contribution in [0.2, 0.25) is 0 Å². The summed E-state index contributed by atoms with van der Waals surface area (Å²) in [5, 5.41) is 12.9. The highest BCUT2D eigenvalue weighted by atomic mass is 16.3. The smallest absolute Gasteiger partial charge is 0.257 e. The zero-order valence-electron chi connectivity index (χ0n) is 12.0. The Bertz CT molecular complexity index is 617. The number of hydrogen-bond acceptors (Lipinski definition) is 2. The molecule has 2 aromatic rings. The van der Waals surface area contributed by atoms with Gasteiger partial charge in [-0.2, -0.15) is 0 Å². The Kier molecular flexibility index (Phi) is 4.20. The molecule has 2 aromatic carbocycles. The summed E-state index contributed by atoms with van der Waals surface area (Å²) in [6.07, 6.45) is -1.16. The molecule has 1 atom stereocenters. The van der Waals surface area contributed by atoms with Crippen LogP contribution in [0.25, 0.3) is 0 Å². The van der Waals surface area contributed by atoms with Gasteiger partial charge < -0.3 is 10.4 Å². The van der Waals surface area contributed by atoms with Crippen LogP contribution in [-0.4, -0.2) is 11.0 Å². The van der Waals surface area contributed by atoms with Crippen molar-refractivity contribution in [1.29, 1.82) is 0 Å². The van der Waals surface area contributed by atoms with Crippen molar-refractivity contribution < 1.29 is 9.90 Å². The van der Waals surface area contributed by atoms with Crippen LogP contribution in [0.3, 0.4) is 0 Å². The lowest BCUT2D eigenvalue weighted by atomic mass is 10.1. The number of anilines is 1. The Labute approximate surface area is 119 Å². The molecule has 3 nitrogen and oxygen atoms in total. The van der Waals surface area contributed by atoms with Crippen molar-refractivity contribution in [2.75, 3.05) is 5.32 Å². The molecule has 104 valence electrons. The van der Waals surface area contributed by atoms with Crippen LogP contribution in [-0.2, 0) is 4.79 Å². The van der Waals surface area contributed by atoms with Gasteiger partial charge in [0.2, 0.25) is 0 Å². The van der Waals surface area contributed by atoms with E-state index in [1.807, 2.05) is 51.1 Å². The quantitative estimate of drug-likeness (QED) is 0.898. The molecule has 0 aliphatic heterocycles. The van der Waals surface area contributed by atoms with Gasteiger partial charge in [0.05, 0.1) is 0 Å². The minimum atomic E-state index is -1.16. The van der Waals surface area contributed by atoms with Gasteiger partial charge in [-0.15, -0.1) is 0 Å². The molecule has 0 aliphatic carbocycles. The van der Waals surface area contributed by atoms with Crippen LogP contribution in [0.4, 0.5) is 5.69 Å². The highest BCUT2D eigenvalue weighted by Crippen LogP contribution is 2.20. The number of benzene rings is 2. The Balaban J connectivity index is 2.15. The standard InChI is InChI=1S/C17H19NO2/c1-11-5-8-14(9-6-11)16(19)17(20)18-15-10-12(2)4-7-13(15)3/h4-10,16,19H,1-3H3,(H,18,20). The first-order valence-electron chi connectivity index (χ1n) is 6.60. The molecular weight excluding hydrogens is 250 g/mol. The minimum absolute atomic E-state index is 0.414. The minimum Gasteiger partial charge on any atom is -0.378 e. The molecule has 0 fully saturated rings. The van der Waals surface area contributed by atoms with Gasteiger partial charge in [0.15, 0.2) is 6.10 Å². The molecule has 0 saturated heterocycles. The van der Waals surface area contributed by atoms with Gasteiger partial charge in [-0.1, -0.05) is 42.0 Å². The number of aliphatic hydroxyl groups excluding tert-OH is 1. The maximum atomic E-state index is 12.1. The largest absolute Gasteiger partial charge is 0.378 e. The van der Waals surface area contributed by atoms with Crippen LogP contribution in [0.1, 0.15) is 28.4 Å². The predicted octanol–water partition coefficient (Wildman–Crippen LogP) is 3.28. The molecule has 0 aliphatic rings. The summed E-state index contributed by atoms with van der Waals surface area (Å²) >= 11 is 0. The van der Waals surface area contributed by atoms with E-state index in [4.69, 9.17) is 0 Å². The summed E-state index contributed by atoms with van der Waals surface area (Å²) in [5.41, 5.74) is 4.46. The van der Waals surface area contributed by atoms with Crippen LogP contribution < -0.4 is 5.32 Å². The SMILES string of the molecule is Cc1ccc(C(O)C(=O)Nc2cc(C)ccc2C)cc1.